The Morgan fingerprint density at radius 3 is 2.75 bits per heavy atom. The molecule has 0 spiro atoms. The highest BCUT2D eigenvalue weighted by atomic mass is 14.9. The molecule has 1 aliphatic carbocycles. The molecule has 1 aromatic rings. The van der Waals surface area contributed by atoms with E-state index < -0.39 is 0 Å². The van der Waals surface area contributed by atoms with E-state index in [2.05, 4.69) is 23.3 Å². The van der Waals surface area contributed by atoms with Gasteiger partial charge in [-0.2, -0.15) is 0 Å². The fourth-order valence-corrected chi connectivity index (χ4v) is 1.44. The second-order valence-corrected chi connectivity index (χ2v) is 3.45. The third-order valence-corrected chi connectivity index (χ3v) is 2.40. The molecule has 1 fully saturated rings. The topological polar surface area (TPSA) is 24.9 Å². The Morgan fingerprint density at radius 1 is 1.50 bits per heavy atom. The second kappa shape index (κ2) is 2.77. The molecule has 64 valence electrons. The molecule has 0 aromatic carbocycles. The molecule has 0 unspecified atom stereocenters. The highest BCUT2D eigenvalue weighted by Gasteiger charge is 2.24. The zero-order chi connectivity index (χ0) is 8.55. The molecule has 1 aromatic heterocycles. The van der Waals surface area contributed by atoms with Crippen LogP contribution >= 0.6 is 0 Å². The normalized spacial score (nSPS) is 16.2. The summed E-state index contributed by atoms with van der Waals surface area (Å²) in [6.07, 6.45) is 4.58. The molecule has 1 N–H and O–H groups in total. The van der Waals surface area contributed by atoms with Gasteiger partial charge in [-0.3, -0.25) is 4.98 Å². The maximum atomic E-state index is 4.41. The summed E-state index contributed by atoms with van der Waals surface area (Å²) >= 11 is 0. The number of hydrogen-bond acceptors (Lipinski definition) is 2. The molecule has 1 aliphatic rings. The minimum absolute atomic E-state index is 0.759. The minimum atomic E-state index is 0.759. The van der Waals surface area contributed by atoms with E-state index in [9.17, 15) is 0 Å². The number of rotatable bonds is 2. The Bertz CT molecular complexity index is 290. The van der Waals surface area contributed by atoms with Crippen molar-refractivity contribution in [2.24, 2.45) is 0 Å². The number of pyridine rings is 1. The van der Waals surface area contributed by atoms with Gasteiger partial charge in [-0.05, 0) is 31.4 Å². The van der Waals surface area contributed by atoms with Crippen LogP contribution in [0.4, 0.5) is 5.69 Å². The van der Waals surface area contributed by atoms with Crippen molar-refractivity contribution in [3.63, 3.8) is 0 Å². The average Bonchev–Trinajstić information content (AvgIpc) is 2.86. The molecule has 12 heavy (non-hydrogen) atoms. The minimum Gasteiger partial charge on any atom is -0.387 e. The predicted molar refractivity (Wildman–Crippen MR) is 50.5 cm³/mol. The molecule has 0 bridgehead atoms. The van der Waals surface area contributed by atoms with Gasteiger partial charge >= 0.3 is 0 Å². The van der Waals surface area contributed by atoms with Gasteiger partial charge in [0.2, 0.25) is 0 Å². The summed E-state index contributed by atoms with van der Waals surface area (Å²) in [6.45, 7) is 2.12. The molecule has 2 rings (SSSR count). The van der Waals surface area contributed by atoms with E-state index in [-0.39, 0.29) is 0 Å². The second-order valence-electron chi connectivity index (χ2n) is 3.45. The fraction of sp³-hybridized carbons (Fsp3) is 0.500. The summed E-state index contributed by atoms with van der Waals surface area (Å²) in [6, 6.07) is 2.20. The third-order valence-electron chi connectivity index (χ3n) is 2.40. The van der Waals surface area contributed by atoms with Crippen LogP contribution in [0.25, 0.3) is 0 Å². The van der Waals surface area contributed by atoms with Gasteiger partial charge in [0.05, 0.1) is 11.9 Å². The number of aryl methyl sites for hydroxylation is 1. The van der Waals surface area contributed by atoms with Crippen molar-refractivity contribution in [1.82, 2.24) is 4.98 Å². The van der Waals surface area contributed by atoms with Gasteiger partial charge in [-0.1, -0.05) is 0 Å². The van der Waals surface area contributed by atoms with Crippen LogP contribution in [0.1, 0.15) is 30.0 Å². The molecule has 0 aliphatic heterocycles. The van der Waals surface area contributed by atoms with E-state index in [1.165, 1.54) is 24.1 Å². The zero-order valence-electron chi connectivity index (χ0n) is 7.59. The lowest BCUT2D eigenvalue weighted by Crippen LogP contribution is -1.95. The SMILES string of the molecule is CNc1cnc(C2CC2)cc1C. The van der Waals surface area contributed by atoms with E-state index >= 15 is 0 Å². The lowest BCUT2D eigenvalue weighted by atomic mass is 10.2. The molecule has 0 saturated heterocycles. The number of anilines is 1. The summed E-state index contributed by atoms with van der Waals surface area (Å²) in [7, 11) is 1.93. The van der Waals surface area contributed by atoms with Gasteiger partial charge in [0.15, 0.2) is 0 Å². The van der Waals surface area contributed by atoms with Crippen molar-refractivity contribution in [2.45, 2.75) is 25.7 Å². The van der Waals surface area contributed by atoms with Crippen molar-refractivity contribution in [1.29, 1.82) is 0 Å². The quantitative estimate of drug-likeness (QED) is 0.721. The average molecular weight is 162 g/mol. The standard InChI is InChI=1S/C10H14N2/c1-7-5-9(8-3-4-8)12-6-10(7)11-2/h5-6,8,11H,3-4H2,1-2H3. The molecule has 1 saturated carbocycles. The molecule has 0 amide bonds. The Labute approximate surface area is 73.0 Å². The Kier molecular flexibility index (Phi) is 1.75. The maximum absolute atomic E-state index is 4.41. The van der Waals surface area contributed by atoms with Crippen molar-refractivity contribution in [2.75, 3.05) is 12.4 Å². The molecule has 1 heterocycles. The number of nitrogens with one attached hydrogen (secondary N) is 1. The van der Waals surface area contributed by atoms with Crippen LogP contribution in [0.5, 0.6) is 0 Å². The van der Waals surface area contributed by atoms with E-state index in [1.54, 1.807) is 0 Å². The van der Waals surface area contributed by atoms with Crippen LogP contribution in [0.3, 0.4) is 0 Å². The largest absolute Gasteiger partial charge is 0.387 e. The number of hydrogen-bond donors (Lipinski definition) is 1. The van der Waals surface area contributed by atoms with Gasteiger partial charge in [-0.15, -0.1) is 0 Å². The van der Waals surface area contributed by atoms with Crippen LogP contribution in [-0.4, -0.2) is 12.0 Å². The molecule has 0 atom stereocenters. The number of aromatic nitrogens is 1. The van der Waals surface area contributed by atoms with Gasteiger partial charge in [0.25, 0.3) is 0 Å². The van der Waals surface area contributed by atoms with Crippen LogP contribution in [0, 0.1) is 6.92 Å². The van der Waals surface area contributed by atoms with E-state index in [1.807, 2.05) is 13.2 Å². The van der Waals surface area contributed by atoms with Crippen LogP contribution in [0.2, 0.25) is 0 Å². The van der Waals surface area contributed by atoms with Crippen LogP contribution in [0.15, 0.2) is 12.3 Å². The lowest BCUT2D eigenvalue weighted by molar-refractivity contribution is 1.01. The monoisotopic (exact) mass is 162 g/mol. The molecular weight excluding hydrogens is 148 g/mol. The Balaban J connectivity index is 2.30. The highest BCUT2D eigenvalue weighted by molar-refractivity contribution is 5.49. The Hall–Kier alpha value is -1.05. The maximum Gasteiger partial charge on any atom is 0.0554 e. The summed E-state index contributed by atoms with van der Waals surface area (Å²) < 4.78 is 0. The van der Waals surface area contributed by atoms with Crippen LogP contribution in [-0.2, 0) is 0 Å². The fourth-order valence-electron chi connectivity index (χ4n) is 1.44. The van der Waals surface area contributed by atoms with Crippen molar-refractivity contribution < 1.29 is 0 Å². The van der Waals surface area contributed by atoms with Crippen molar-refractivity contribution in [3.8, 4) is 0 Å². The lowest BCUT2D eigenvalue weighted by Gasteiger charge is -2.05. The first kappa shape index (κ1) is 7.59. The summed E-state index contributed by atoms with van der Waals surface area (Å²) in [5.74, 6) is 0.759. The molecule has 2 heteroatoms. The summed E-state index contributed by atoms with van der Waals surface area (Å²) in [4.78, 5) is 4.41. The van der Waals surface area contributed by atoms with Gasteiger partial charge in [0, 0.05) is 18.7 Å². The van der Waals surface area contributed by atoms with Crippen molar-refractivity contribution in [3.05, 3.63) is 23.5 Å². The zero-order valence-corrected chi connectivity index (χ0v) is 7.59. The van der Waals surface area contributed by atoms with E-state index in [0.29, 0.717) is 0 Å². The first-order chi connectivity index (χ1) is 5.81. The first-order valence-electron chi connectivity index (χ1n) is 4.45. The third kappa shape index (κ3) is 1.29. The van der Waals surface area contributed by atoms with Gasteiger partial charge in [-0.25, -0.2) is 0 Å². The molecule has 0 radical (unpaired) electrons. The summed E-state index contributed by atoms with van der Waals surface area (Å²) in [5, 5.41) is 3.12. The predicted octanol–water partition coefficient (Wildman–Crippen LogP) is 2.31. The van der Waals surface area contributed by atoms with Gasteiger partial charge < -0.3 is 5.32 Å². The van der Waals surface area contributed by atoms with E-state index in [0.717, 1.165) is 11.6 Å². The van der Waals surface area contributed by atoms with Crippen molar-refractivity contribution >= 4 is 5.69 Å². The molecular formula is C10H14N2. The molecule has 2 nitrogen and oxygen atoms in total. The first-order valence-corrected chi connectivity index (χ1v) is 4.45. The number of nitrogens with zero attached hydrogens (tertiary/aromatic N) is 1. The highest BCUT2D eigenvalue weighted by Crippen LogP contribution is 2.39. The van der Waals surface area contributed by atoms with E-state index in [4.69, 9.17) is 0 Å². The van der Waals surface area contributed by atoms with Crippen LogP contribution < -0.4 is 5.32 Å². The van der Waals surface area contributed by atoms with Gasteiger partial charge in [0.1, 0.15) is 0 Å². The smallest absolute Gasteiger partial charge is 0.0554 e. The Morgan fingerprint density at radius 2 is 2.25 bits per heavy atom. The summed E-state index contributed by atoms with van der Waals surface area (Å²) in [5.41, 5.74) is 3.71.